The van der Waals surface area contributed by atoms with Crippen molar-refractivity contribution in [1.82, 2.24) is 10.2 Å². The van der Waals surface area contributed by atoms with E-state index in [1.165, 1.54) is 11.9 Å². The number of carbonyl (C=O) groups is 3. The third kappa shape index (κ3) is 6.05. The molecule has 3 aromatic rings. The Morgan fingerprint density at radius 2 is 1.68 bits per heavy atom. The van der Waals surface area contributed by atoms with Crippen LogP contribution in [-0.4, -0.2) is 49.9 Å². The topological polar surface area (TPSA) is 87.7 Å². The minimum absolute atomic E-state index is 0.130. The first-order chi connectivity index (χ1) is 15.0. The van der Waals surface area contributed by atoms with E-state index < -0.39 is 0 Å². The third-order valence-electron chi connectivity index (χ3n) is 4.83. The number of carbonyl (C=O) groups excluding carboxylic acids is 3. The van der Waals surface area contributed by atoms with Crippen molar-refractivity contribution in [1.29, 1.82) is 0 Å². The molecule has 0 fully saturated rings. The van der Waals surface area contributed by atoms with Crippen LogP contribution >= 0.6 is 0 Å². The molecule has 3 rings (SSSR count). The standard InChI is InChI=1S/C24H25N3O4/c1-27(16-23(29)26-19-10-6-11-20(14-19)31-2)24(30)15-25-22(28)13-18-9-5-8-17-7-3-4-12-21(17)18/h3-12,14H,13,15-16H2,1-2H3,(H,25,28)(H,26,29). The fourth-order valence-electron chi connectivity index (χ4n) is 3.20. The molecule has 0 radical (unpaired) electrons. The van der Waals surface area contributed by atoms with Crippen LogP contribution in [-0.2, 0) is 20.8 Å². The van der Waals surface area contributed by atoms with Crippen LogP contribution in [0.15, 0.2) is 66.7 Å². The number of methoxy groups -OCH3 is 1. The van der Waals surface area contributed by atoms with E-state index >= 15 is 0 Å². The Morgan fingerprint density at radius 1 is 0.935 bits per heavy atom. The van der Waals surface area contributed by atoms with Gasteiger partial charge in [0.1, 0.15) is 5.75 Å². The van der Waals surface area contributed by atoms with Gasteiger partial charge < -0.3 is 20.3 Å². The summed E-state index contributed by atoms with van der Waals surface area (Å²) in [5.74, 6) is -0.326. The van der Waals surface area contributed by atoms with E-state index in [0.717, 1.165) is 16.3 Å². The SMILES string of the molecule is COc1cccc(NC(=O)CN(C)C(=O)CNC(=O)Cc2cccc3ccccc23)c1. The highest BCUT2D eigenvalue weighted by Gasteiger charge is 2.15. The van der Waals surface area contributed by atoms with Gasteiger partial charge in [0, 0.05) is 18.8 Å². The molecule has 0 aliphatic heterocycles. The van der Waals surface area contributed by atoms with Gasteiger partial charge in [-0.25, -0.2) is 0 Å². The number of hydrogen-bond donors (Lipinski definition) is 2. The molecule has 2 N–H and O–H groups in total. The zero-order valence-corrected chi connectivity index (χ0v) is 17.6. The van der Waals surface area contributed by atoms with Crippen LogP contribution in [0.4, 0.5) is 5.69 Å². The Hall–Kier alpha value is -3.87. The molecule has 0 aliphatic carbocycles. The second-order valence-corrected chi connectivity index (χ2v) is 7.12. The summed E-state index contributed by atoms with van der Waals surface area (Å²) < 4.78 is 5.12. The highest BCUT2D eigenvalue weighted by Crippen LogP contribution is 2.19. The summed E-state index contributed by atoms with van der Waals surface area (Å²) in [6.07, 6.45) is 0.175. The lowest BCUT2D eigenvalue weighted by atomic mass is 10.0. The lowest BCUT2D eigenvalue weighted by Crippen LogP contribution is -2.41. The number of ether oxygens (including phenoxy) is 1. The van der Waals surface area contributed by atoms with Crippen LogP contribution in [0, 0.1) is 0 Å². The summed E-state index contributed by atoms with van der Waals surface area (Å²) in [5.41, 5.74) is 1.47. The fraction of sp³-hybridized carbons (Fsp3) is 0.208. The van der Waals surface area contributed by atoms with Crippen molar-refractivity contribution in [3.63, 3.8) is 0 Å². The molecular formula is C24H25N3O4. The summed E-state index contributed by atoms with van der Waals surface area (Å²) in [6.45, 7) is -0.304. The van der Waals surface area contributed by atoms with E-state index in [2.05, 4.69) is 10.6 Å². The highest BCUT2D eigenvalue weighted by atomic mass is 16.5. The van der Waals surface area contributed by atoms with Gasteiger partial charge in [-0.05, 0) is 28.5 Å². The number of nitrogens with zero attached hydrogens (tertiary/aromatic N) is 1. The van der Waals surface area contributed by atoms with E-state index in [0.29, 0.717) is 11.4 Å². The average molecular weight is 419 g/mol. The van der Waals surface area contributed by atoms with Crippen LogP contribution in [0.2, 0.25) is 0 Å². The number of anilines is 1. The lowest BCUT2D eigenvalue weighted by Gasteiger charge is -2.17. The molecule has 0 spiro atoms. The van der Waals surface area contributed by atoms with Crippen molar-refractivity contribution in [2.24, 2.45) is 0 Å². The number of amides is 3. The van der Waals surface area contributed by atoms with Crippen LogP contribution in [0.1, 0.15) is 5.56 Å². The van der Waals surface area contributed by atoms with E-state index in [-0.39, 0.29) is 37.2 Å². The fourth-order valence-corrected chi connectivity index (χ4v) is 3.20. The monoisotopic (exact) mass is 419 g/mol. The Balaban J connectivity index is 1.48. The quantitative estimate of drug-likeness (QED) is 0.588. The van der Waals surface area contributed by atoms with Crippen molar-refractivity contribution in [2.45, 2.75) is 6.42 Å². The second-order valence-electron chi connectivity index (χ2n) is 7.12. The van der Waals surface area contributed by atoms with Gasteiger partial charge in [-0.2, -0.15) is 0 Å². The number of rotatable bonds is 8. The van der Waals surface area contributed by atoms with Crippen molar-refractivity contribution in [3.8, 4) is 5.75 Å². The van der Waals surface area contributed by atoms with E-state index in [1.54, 1.807) is 31.4 Å². The van der Waals surface area contributed by atoms with Gasteiger partial charge >= 0.3 is 0 Å². The van der Waals surface area contributed by atoms with Crippen molar-refractivity contribution < 1.29 is 19.1 Å². The van der Waals surface area contributed by atoms with Crippen molar-refractivity contribution in [3.05, 3.63) is 72.3 Å². The second kappa shape index (κ2) is 10.2. The number of benzene rings is 3. The molecule has 0 saturated heterocycles. The third-order valence-corrected chi connectivity index (χ3v) is 4.83. The van der Waals surface area contributed by atoms with Gasteiger partial charge in [-0.3, -0.25) is 14.4 Å². The molecule has 0 heterocycles. The van der Waals surface area contributed by atoms with Gasteiger partial charge in [-0.1, -0.05) is 48.5 Å². The molecule has 0 unspecified atom stereocenters. The molecule has 3 aromatic carbocycles. The van der Waals surface area contributed by atoms with Gasteiger partial charge in [0.2, 0.25) is 17.7 Å². The maximum absolute atomic E-state index is 12.3. The van der Waals surface area contributed by atoms with Crippen LogP contribution in [0.3, 0.4) is 0 Å². The predicted molar refractivity (Wildman–Crippen MR) is 120 cm³/mol. The molecule has 0 aromatic heterocycles. The maximum atomic E-state index is 12.3. The molecule has 31 heavy (non-hydrogen) atoms. The smallest absolute Gasteiger partial charge is 0.243 e. The number of hydrogen-bond acceptors (Lipinski definition) is 4. The summed E-state index contributed by atoms with van der Waals surface area (Å²) in [5, 5.41) is 7.43. The molecule has 0 atom stereocenters. The molecule has 0 bridgehead atoms. The molecule has 0 saturated carbocycles. The predicted octanol–water partition coefficient (Wildman–Crippen LogP) is 2.60. The molecule has 7 heteroatoms. The van der Waals surface area contributed by atoms with E-state index in [1.807, 2.05) is 42.5 Å². The number of fused-ring (bicyclic) bond motifs is 1. The Bertz CT molecular complexity index is 1090. The molecular weight excluding hydrogens is 394 g/mol. The van der Waals surface area contributed by atoms with Gasteiger partial charge in [0.25, 0.3) is 0 Å². The molecule has 7 nitrogen and oxygen atoms in total. The Kier molecular flexibility index (Phi) is 7.22. The zero-order chi connectivity index (χ0) is 22.2. The number of nitrogens with one attached hydrogen (secondary N) is 2. The van der Waals surface area contributed by atoms with Crippen LogP contribution < -0.4 is 15.4 Å². The maximum Gasteiger partial charge on any atom is 0.243 e. The first kappa shape index (κ1) is 21.8. The van der Waals surface area contributed by atoms with Gasteiger partial charge in [-0.15, -0.1) is 0 Å². The minimum atomic E-state index is -0.355. The molecule has 3 amide bonds. The van der Waals surface area contributed by atoms with Gasteiger partial charge in [0.05, 0.1) is 26.6 Å². The summed E-state index contributed by atoms with van der Waals surface area (Å²) in [4.78, 5) is 38.1. The largest absolute Gasteiger partial charge is 0.497 e. The molecule has 160 valence electrons. The Morgan fingerprint density at radius 3 is 2.48 bits per heavy atom. The van der Waals surface area contributed by atoms with E-state index in [9.17, 15) is 14.4 Å². The number of likely N-dealkylation sites (N-methyl/N-ethyl adjacent to an activating group) is 1. The first-order valence-electron chi connectivity index (χ1n) is 9.87. The lowest BCUT2D eigenvalue weighted by molar-refractivity contribution is -0.134. The molecule has 0 aliphatic rings. The van der Waals surface area contributed by atoms with Gasteiger partial charge in [0.15, 0.2) is 0 Å². The zero-order valence-electron chi connectivity index (χ0n) is 17.6. The van der Waals surface area contributed by atoms with E-state index in [4.69, 9.17) is 4.74 Å². The van der Waals surface area contributed by atoms with Crippen LogP contribution in [0.5, 0.6) is 5.75 Å². The van der Waals surface area contributed by atoms with Crippen LogP contribution in [0.25, 0.3) is 10.8 Å². The summed E-state index contributed by atoms with van der Waals surface area (Å²) in [7, 11) is 3.06. The summed E-state index contributed by atoms with van der Waals surface area (Å²) >= 11 is 0. The van der Waals surface area contributed by atoms with Crippen molar-refractivity contribution >= 4 is 34.2 Å². The Labute approximate surface area is 181 Å². The highest BCUT2D eigenvalue weighted by molar-refractivity contribution is 5.95. The van der Waals surface area contributed by atoms with Crippen molar-refractivity contribution in [2.75, 3.05) is 32.6 Å². The average Bonchev–Trinajstić information content (AvgIpc) is 2.77. The first-order valence-corrected chi connectivity index (χ1v) is 9.87. The minimum Gasteiger partial charge on any atom is -0.497 e. The normalized spacial score (nSPS) is 10.4. The summed E-state index contributed by atoms with van der Waals surface area (Å²) in [6, 6.07) is 20.6.